The highest BCUT2D eigenvalue weighted by Crippen LogP contribution is 2.42. The molecule has 2 aromatic rings. The fourth-order valence-electron chi connectivity index (χ4n) is 7.59. The zero-order valence-electron chi connectivity index (χ0n) is 38.9. The van der Waals surface area contributed by atoms with Gasteiger partial charge in [-0.1, -0.05) is 170 Å². The number of hydrogen-bond acceptors (Lipinski definition) is 2. The van der Waals surface area contributed by atoms with Gasteiger partial charge in [0.15, 0.2) is 0 Å². The van der Waals surface area contributed by atoms with Gasteiger partial charge in [-0.3, -0.25) is 0 Å². The molecule has 0 radical (unpaired) electrons. The molecular weight excluding hydrogens is 1010 g/mol. The molecule has 0 saturated carbocycles. The van der Waals surface area contributed by atoms with Gasteiger partial charge >= 0.3 is 0 Å². The molecule has 0 amide bonds. The van der Waals surface area contributed by atoms with Crippen LogP contribution in [0.2, 0.25) is 72.5 Å². The largest absolute Gasteiger partial charge is 0.146 e. The van der Waals surface area contributed by atoms with Crippen LogP contribution < -0.4 is 0 Å². The first-order valence-corrected chi connectivity index (χ1v) is 35.9. The molecule has 0 aliphatic carbocycles. The summed E-state index contributed by atoms with van der Waals surface area (Å²) in [7, 11) is -5.59. The van der Waals surface area contributed by atoms with Crippen LogP contribution in [0.25, 0.3) is 3.58 Å². The second-order valence-corrected chi connectivity index (χ2v) is 45.1. The maximum absolute atomic E-state index is 5.41. The van der Waals surface area contributed by atoms with Crippen molar-refractivity contribution >= 4 is 104 Å². The van der Waals surface area contributed by atoms with Gasteiger partial charge in [0, 0.05) is 14.9 Å². The Balaban J connectivity index is 0.000000926. The predicted octanol–water partition coefficient (Wildman–Crippen LogP) is 17.6. The highest BCUT2D eigenvalue weighted by molar-refractivity contribution is 14.1. The molecule has 0 nitrogen and oxygen atoms in total. The summed E-state index contributed by atoms with van der Waals surface area (Å²) in [6, 6.07) is 8.48. The van der Waals surface area contributed by atoms with Crippen molar-refractivity contribution in [1.29, 1.82) is 0 Å². The van der Waals surface area contributed by atoms with Gasteiger partial charge < -0.3 is 0 Å². The zero-order chi connectivity index (χ0) is 43.8. The Morgan fingerprint density at radius 3 is 1.38 bits per heavy atom. The molecule has 2 rings (SSSR count). The van der Waals surface area contributed by atoms with Crippen LogP contribution in [0.3, 0.4) is 0 Å². The quantitative estimate of drug-likeness (QED) is 0.0963. The number of thiophene rings is 2. The first kappa shape index (κ1) is 55.4. The van der Waals surface area contributed by atoms with Crippen molar-refractivity contribution in [1.82, 2.24) is 0 Å². The summed E-state index contributed by atoms with van der Waals surface area (Å²) in [5.74, 6) is 12.9. The van der Waals surface area contributed by atoms with E-state index in [1.165, 1.54) is 25.3 Å². The van der Waals surface area contributed by atoms with Gasteiger partial charge in [-0.05, 0) is 108 Å². The topological polar surface area (TPSA) is 0 Å². The molecule has 0 bridgehead atoms. The first-order chi connectivity index (χ1) is 25.6. The lowest BCUT2D eigenvalue weighted by Gasteiger charge is -2.38. The lowest BCUT2D eigenvalue weighted by atomic mass is 10.3. The molecule has 0 atom stereocenters. The van der Waals surface area contributed by atoms with E-state index in [4.69, 9.17) is 6.42 Å². The van der Waals surface area contributed by atoms with Crippen LogP contribution in [0.4, 0.5) is 0 Å². The molecular formula is C48H76I2S2Si4. The third-order valence-corrected chi connectivity index (χ3v) is 34.5. The second-order valence-electron chi connectivity index (χ2n) is 18.8. The van der Waals surface area contributed by atoms with Gasteiger partial charge in [0.25, 0.3) is 0 Å². The Bertz CT molecular complexity index is 1770. The van der Waals surface area contributed by atoms with Crippen LogP contribution in [0.15, 0.2) is 39.1 Å². The molecule has 0 fully saturated rings. The normalized spacial score (nSPS) is 12.8. The number of rotatable bonds is 10. The van der Waals surface area contributed by atoms with Crippen molar-refractivity contribution in [3.63, 3.8) is 0 Å². The van der Waals surface area contributed by atoms with Gasteiger partial charge in [-0.2, -0.15) is 0 Å². The second kappa shape index (κ2) is 25.3. The molecule has 0 saturated heterocycles. The van der Waals surface area contributed by atoms with Gasteiger partial charge in [0.05, 0.1) is 22.7 Å². The van der Waals surface area contributed by atoms with Crippen molar-refractivity contribution in [2.24, 2.45) is 0 Å². The lowest BCUT2D eigenvalue weighted by Crippen LogP contribution is -2.43. The summed E-state index contributed by atoms with van der Waals surface area (Å²) in [5, 5.41) is 0. The van der Waals surface area contributed by atoms with Crippen molar-refractivity contribution in [3.8, 4) is 46.7 Å². The Morgan fingerprint density at radius 2 is 1.04 bits per heavy atom. The van der Waals surface area contributed by atoms with E-state index in [0.717, 1.165) is 16.2 Å². The summed E-state index contributed by atoms with van der Waals surface area (Å²) in [4.78, 5) is 4.61. The maximum atomic E-state index is 5.41. The van der Waals surface area contributed by atoms with Crippen LogP contribution in [0.1, 0.15) is 129 Å². The van der Waals surface area contributed by atoms with Crippen molar-refractivity contribution in [3.05, 3.63) is 58.6 Å². The monoisotopic (exact) mass is 1080 g/mol. The average molecular weight is 1080 g/mol. The molecule has 8 heteroatoms. The molecule has 0 unspecified atom stereocenters. The number of halogens is 2. The number of terminal acetylenes is 1. The summed E-state index contributed by atoms with van der Waals surface area (Å²) in [6.45, 7) is 46.7. The van der Waals surface area contributed by atoms with Gasteiger partial charge in [0.2, 0.25) is 0 Å². The van der Waals surface area contributed by atoms with E-state index in [1.54, 1.807) is 14.5 Å². The molecule has 2 aromatic heterocycles. The third kappa shape index (κ3) is 17.6. The molecule has 0 aliphatic rings. The SMILES string of the molecule is C#Cc1ccc(C#C[Si](C(C)C)(C(C)C)C(C)C)s1.CC(/C=C(\I)c1ccc(C#C[Si](C(C)C)(C(C)C)C(C)C)s1)=C(/I)[Si](C)(C)C.CCCC#C[Si](C)(C)C. The van der Waals surface area contributed by atoms with Crippen molar-refractivity contribution < 1.29 is 0 Å². The highest BCUT2D eigenvalue weighted by Gasteiger charge is 2.42. The van der Waals surface area contributed by atoms with E-state index in [1.807, 2.05) is 23.5 Å². The molecule has 2 heterocycles. The van der Waals surface area contributed by atoms with Crippen LogP contribution >= 0.6 is 67.9 Å². The molecule has 310 valence electrons. The summed E-state index contributed by atoms with van der Waals surface area (Å²) in [6.07, 6.45) is 10.0. The van der Waals surface area contributed by atoms with Crippen LogP contribution in [0.5, 0.6) is 0 Å². The summed E-state index contributed by atoms with van der Waals surface area (Å²) >= 11 is 8.49. The van der Waals surface area contributed by atoms with Crippen LogP contribution in [-0.4, -0.2) is 32.3 Å². The molecule has 0 N–H and O–H groups in total. The Kier molecular flexibility index (Phi) is 25.0. The molecule has 0 spiro atoms. The van der Waals surface area contributed by atoms with Gasteiger partial charge in [0.1, 0.15) is 24.2 Å². The average Bonchev–Trinajstić information content (AvgIpc) is 3.74. The molecule has 0 aromatic carbocycles. The van der Waals surface area contributed by atoms with E-state index in [-0.39, 0.29) is 0 Å². The Morgan fingerprint density at radius 1 is 0.643 bits per heavy atom. The van der Waals surface area contributed by atoms with Gasteiger partial charge in [-0.15, -0.1) is 51.6 Å². The van der Waals surface area contributed by atoms with E-state index in [9.17, 15) is 0 Å². The fourth-order valence-corrected chi connectivity index (χ4v) is 22.7. The van der Waals surface area contributed by atoms with Gasteiger partial charge in [-0.25, -0.2) is 0 Å². The zero-order valence-corrected chi connectivity index (χ0v) is 48.9. The van der Waals surface area contributed by atoms with Crippen LogP contribution in [0, 0.1) is 46.7 Å². The molecule has 0 aliphatic heterocycles. The van der Waals surface area contributed by atoms with E-state index >= 15 is 0 Å². The standard InChI is InChI=1S/C23H36I2SSi2.C17H24SSi.C8H16Si/c1-16(2)28(17(3)4,18(5)6)14-13-20-11-12-22(26-20)21(24)15-19(7)23(25)27(8,9)10;1-8-16-9-10-17(18-16)11-12-19(13(2)3,14(4)5)15(6)7;1-5-6-7-8-9(2,3)4/h11-12,15-18H,1-10H3;1,9-10,13-15H,2-7H3;5-6H2,1-4H3/b21-15-,23-19+;;. The van der Waals surface area contributed by atoms with E-state index in [2.05, 4.69) is 240 Å². The van der Waals surface area contributed by atoms with Crippen LogP contribution in [-0.2, 0) is 0 Å². The number of hydrogen-bond donors (Lipinski definition) is 0. The lowest BCUT2D eigenvalue weighted by molar-refractivity contribution is 0.838. The number of allylic oxidation sites excluding steroid dienone is 2. The maximum Gasteiger partial charge on any atom is 0.146 e. The summed E-state index contributed by atoms with van der Waals surface area (Å²) in [5.41, 5.74) is 16.3. The number of unbranched alkanes of at least 4 members (excludes halogenated alkanes) is 1. The Hall–Kier alpha value is -0.552. The molecule has 56 heavy (non-hydrogen) atoms. The third-order valence-electron chi connectivity index (χ3n) is 10.3. The van der Waals surface area contributed by atoms with E-state index < -0.39 is 32.3 Å². The van der Waals surface area contributed by atoms with Crippen molar-refractivity contribution in [2.45, 2.75) is 182 Å². The van der Waals surface area contributed by atoms with Crippen molar-refractivity contribution in [2.75, 3.05) is 0 Å². The minimum absolute atomic E-state index is 0.673. The Labute approximate surface area is 387 Å². The minimum Gasteiger partial charge on any atom is -0.132 e. The fraction of sp³-hybridized carbons (Fsp3) is 0.583. The summed E-state index contributed by atoms with van der Waals surface area (Å²) < 4.78 is 2.87. The predicted molar refractivity (Wildman–Crippen MR) is 291 cm³/mol. The minimum atomic E-state index is -1.67. The first-order valence-electron chi connectivity index (χ1n) is 20.6. The smallest absolute Gasteiger partial charge is 0.132 e. The van der Waals surface area contributed by atoms with E-state index in [0.29, 0.717) is 33.2 Å². The highest BCUT2D eigenvalue weighted by atomic mass is 127.